The maximum absolute atomic E-state index is 13.9. The van der Waals surface area contributed by atoms with Crippen LogP contribution in [0.5, 0.6) is 5.75 Å². The minimum Gasteiger partial charge on any atom is -0.507 e. The third-order valence-corrected chi connectivity index (χ3v) is 8.48. The summed E-state index contributed by atoms with van der Waals surface area (Å²) in [5.74, 6) is -8.98. The van der Waals surface area contributed by atoms with E-state index in [4.69, 9.17) is 11.5 Å². The molecule has 3 aliphatic rings. The van der Waals surface area contributed by atoms with Crippen LogP contribution in [0.2, 0.25) is 0 Å². The number of hydrogen-bond acceptors (Lipinski definition) is 9. The first-order valence-electron chi connectivity index (χ1n) is 12.5. The summed E-state index contributed by atoms with van der Waals surface area (Å²) in [4.78, 5) is 54.7. The number of phenols is 1. The second kappa shape index (κ2) is 9.33. The number of carbonyl (C=O) groups excluding carboxylic acids is 4. The second-order valence-electron chi connectivity index (χ2n) is 10.7. The largest absolute Gasteiger partial charge is 0.507 e. The van der Waals surface area contributed by atoms with E-state index < -0.39 is 64.7 Å². The van der Waals surface area contributed by atoms with E-state index in [0.29, 0.717) is 24.0 Å². The molecule has 10 nitrogen and oxygen atoms in total. The third kappa shape index (κ3) is 3.61. The average Bonchev–Trinajstić information content (AvgIpc) is 2.80. The Morgan fingerprint density at radius 2 is 1.86 bits per heavy atom. The number of aliphatic hydroxyl groups is 2. The maximum atomic E-state index is 13.9. The quantitative estimate of drug-likeness (QED) is 0.319. The third-order valence-electron chi connectivity index (χ3n) is 8.48. The standard InChI is InChI=1S/C26H35N3O7/c1-4-5-6-11-7-13(10-27)20(30)17-14(11)8-12-9-15-19(29(2)3)22(32)18(25(28)35)24(34)26(15,36)23(33)16(12)21(17)31/h7,12,15-16,18-19,22,30,32,36H,4-6,8-10,27H2,1-3H3,(H2,28,35)/t12-,15-,16?,18?,19-,22?,26-/m1/s1. The lowest BCUT2D eigenvalue weighted by molar-refractivity contribution is -0.190. The Balaban J connectivity index is 1.87. The highest BCUT2D eigenvalue weighted by Crippen LogP contribution is 2.52. The second-order valence-corrected chi connectivity index (χ2v) is 10.7. The molecule has 4 rings (SSSR count). The predicted molar refractivity (Wildman–Crippen MR) is 129 cm³/mol. The number of Topliss-reactive ketones (excluding diaryl/α,β-unsaturated/α-hetero) is 3. The normalized spacial score (nSPS) is 33.8. The SMILES string of the molecule is CCCCc1cc(CN)c(O)c2c1C[C@@H]1C[C@@H]3[C@@H](N(C)C)C(O)C(C(N)=O)C(=O)[C@]3(O)C(=O)C1C2=O. The van der Waals surface area contributed by atoms with Crippen LogP contribution in [0, 0.1) is 23.7 Å². The minimum atomic E-state index is -2.66. The van der Waals surface area contributed by atoms with Gasteiger partial charge in [-0.05, 0) is 56.8 Å². The molecule has 1 aromatic carbocycles. The van der Waals surface area contributed by atoms with E-state index in [1.165, 1.54) is 0 Å². The van der Waals surface area contributed by atoms with Gasteiger partial charge in [0.15, 0.2) is 23.0 Å². The summed E-state index contributed by atoms with van der Waals surface area (Å²) in [5, 5.41) is 33.5. The first kappa shape index (κ1) is 26.4. The molecular weight excluding hydrogens is 466 g/mol. The molecule has 1 amide bonds. The molecule has 0 heterocycles. The number of amides is 1. The predicted octanol–water partition coefficient (Wildman–Crippen LogP) is -0.540. The van der Waals surface area contributed by atoms with Gasteiger partial charge in [0, 0.05) is 24.1 Å². The van der Waals surface area contributed by atoms with E-state index in [1.807, 2.05) is 13.0 Å². The number of phenolic OH excluding ortho intramolecular Hbond substituents is 1. The van der Waals surface area contributed by atoms with Crippen molar-refractivity contribution in [1.29, 1.82) is 0 Å². The van der Waals surface area contributed by atoms with Crippen molar-refractivity contribution in [3.63, 3.8) is 0 Å². The molecule has 0 saturated heterocycles. The first-order chi connectivity index (χ1) is 16.9. The fraction of sp³-hybridized carbons (Fsp3) is 0.615. The molecule has 0 bridgehead atoms. The zero-order valence-corrected chi connectivity index (χ0v) is 20.9. The maximum Gasteiger partial charge on any atom is 0.230 e. The Hall–Kier alpha value is -2.66. The van der Waals surface area contributed by atoms with E-state index in [0.717, 1.165) is 18.4 Å². The van der Waals surface area contributed by atoms with E-state index in [-0.39, 0.29) is 24.3 Å². The molecule has 3 unspecified atom stereocenters. The summed E-state index contributed by atoms with van der Waals surface area (Å²) < 4.78 is 0. The van der Waals surface area contributed by atoms with Gasteiger partial charge < -0.3 is 31.7 Å². The van der Waals surface area contributed by atoms with Gasteiger partial charge in [-0.1, -0.05) is 19.4 Å². The van der Waals surface area contributed by atoms with Crippen LogP contribution < -0.4 is 11.5 Å². The summed E-state index contributed by atoms with van der Waals surface area (Å²) in [6.45, 7) is 2.05. The van der Waals surface area contributed by atoms with Crippen molar-refractivity contribution in [3.05, 3.63) is 28.3 Å². The molecule has 0 spiro atoms. The van der Waals surface area contributed by atoms with E-state index >= 15 is 0 Å². The Morgan fingerprint density at radius 3 is 2.42 bits per heavy atom. The van der Waals surface area contributed by atoms with Crippen molar-refractivity contribution < 1.29 is 34.5 Å². The summed E-state index contributed by atoms with van der Waals surface area (Å²) in [6, 6.07) is 0.894. The van der Waals surface area contributed by atoms with Crippen LogP contribution in [-0.2, 0) is 33.8 Å². The molecule has 0 radical (unpaired) electrons. The van der Waals surface area contributed by atoms with Crippen molar-refractivity contribution in [3.8, 4) is 5.75 Å². The highest BCUT2D eigenvalue weighted by atomic mass is 16.3. The van der Waals surface area contributed by atoms with Gasteiger partial charge in [-0.3, -0.25) is 19.2 Å². The van der Waals surface area contributed by atoms with Gasteiger partial charge in [0.25, 0.3) is 0 Å². The Kier molecular flexibility index (Phi) is 6.85. The van der Waals surface area contributed by atoms with E-state index in [9.17, 15) is 34.5 Å². The summed E-state index contributed by atoms with van der Waals surface area (Å²) in [7, 11) is 3.24. The number of hydrogen-bond donors (Lipinski definition) is 5. The topological polar surface area (TPSA) is 184 Å². The fourth-order valence-electron chi connectivity index (χ4n) is 6.77. The molecule has 7 N–H and O–H groups in total. The highest BCUT2D eigenvalue weighted by molar-refractivity contribution is 6.25. The van der Waals surface area contributed by atoms with E-state index in [1.54, 1.807) is 19.0 Å². The molecular formula is C26H35N3O7. The molecule has 0 aliphatic heterocycles. The molecule has 0 aromatic heterocycles. The number of primary amides is 1. The van der Waals surface area contributed by atoms with Crippen molar-refractivity contribution in [2.45, 2.75) is 63.3 Å². The monoisotopic (exact) mass is 501 g/mol. The van der Waals surface area contributed by atoms with Crippen LogP contribution in [0.3, 0.4) is 0 Å². The zero-order valence-electron chi connectivity index (χ0n) is 20.9. The van der Waals surface area contributed by atoms with Crippen LogP contribution in [0.4, 0.5) is 0 Å². The van der Waals surface area contributed by atoms with E-state index in [2.05, 4.69) is 0 Å². The fourth-order valence-corrected chi connectivity index (χ4v) is 6.77. The molecule has 2 fully saturated rings. The number of aliphatic hydroxyl groups excluding tert-OH is 1. The first-order valence-corrected chi connectivity index (χ1v) is 12.5. The van der Waals surface area contributed by atoms with Crippen LogP contribution in [-0.4, -0.2) is 75.3 Å². The average molecular weight is 502 g/mol. The van der Waals surface area contributed by atoms with Gasteiger partial charge in [-0.25, -0.2) is 0 Å². The van der Waals surface area contributed by atoms with Gasteiger partial charge in [0.05, 0.1) is 17.6 Å². The molecule has 2 saturated carbocycles. The number of likely N-dealkylation sites (N-methyl/N-ethyl adjacent to an activating group) is 1. The summed E-state index contributed by atoms with van der Waals surface area (Å²) in [6.07, 6.45) is 1.35. The molecule has 36 heavy (non-hydrogen) atoms. The van der Waals surface area contributed by atoms with Crippen LogP contribution >= 0.6 is 0 Å². The van der Waals surface area contributed by atoms with Gasteiger partial charge in [-0.15, -0.1) is 0 Å². The lowest BCUT2D eigenvalue weighted by Crippen LogP contribution is -2.75. The van der Waals surface area contributed by atoms with Gasteiger partial charge in [0.1, 0.15) is 11.7 Å². The van der Waals surface area contributed by atoms with Crippen molar-refractivity contribution in [2.24, 2.45) is 35.1 Å². The van der Waals surface area contributed by atoms with Gasteiger partial charge in [-0.2, -0.15) is 0 Å². The number of rotatable bonds is 6. The van der Waals surface area contributed by atoms with Gasteiger partial charge >= 0.3 is 0 Å². The number of nitrogens with zero attached hydrogens (tertiary/aromatic N) is 1. The lowest BCUT2D eigenvalue weighted by Gasteiger charge is -2.55. The molecule has 196 valence electrons. The van der Waals surface area contributed by atoms with Crippen LogP contribution in [0.15, 0.2) is 6.07 Å². The number of aromatic hydroxyl groups is 1. The summed E-state index contributed by atoms with van der Waals surface area (Å²) in [5.41, 5.74) is 10.5. The molecule has 7 atom stereocenters. The number of fused-ring (bicyclic) bond motifs is 3. The highest BCUT2D eigenvalue weighted by Gasteiger charge is 2.69. The Labute approximate surface area is 209 Å². The molecule has 3 aliphatic carbocycles. The zero-order chi connectivity index (χ0) is 26.7. The van der Waals surface area contributed by atoms with Gasteiger partial charge in [0.2, 0.25) is 5.91 Å². The molecule has 10 heteroatoms. The summed E-state index contributed by atoms with van der Waals surface area (Å²) >= 11 is 0. The number of unbranched alkanes of at least 4 members (excludes halogenated alkanes) is 1. The molecule has 1 aromatic rings. The number of benzene rings is 1. The van der Waals surface area contributed by atoms with Crippen molar-refractivity contribution in [1.82, 2.24) is 4.90 Å². The number of nitrogens with two attached hydrogens (primary N) is 2. The Bertz CT molecular complexity index is 1130. The van der Waals surface area contributed by atoms with Crippen molar-refractivity contribution >= 4 is 23.3 Å². The van der Waals surface area contributed by atoms with Crippen LogP contribution in [0.1, 0.15) is 53.2 Å². The number of aryl methyl sites for hydroxylation is 1. The minimum absolute atomic E-state index is 0.000746. The number of carbonyl (C=O) groups is 4. The van der Waals surface area contributed by atoms with Crippen molar-refractivity contribution in [2.75, 3.05) is 14.1 Å². The van der Waals surface area contributed by atoms with Crippen LogP contribution in [0.25, 0.3) is 0 Å². The Morgan fingerprint density at radius 1 is 1.19 bits per heavy atom. The lowest BCUT2D eigenvalue weighted by atomic mass is 9.52. The number of ketones is 3. The smallest absolute Gasteiger partial charge is 0.230 e.